The number of nitrogens with two attached hydrogens (primary N) is 1. The minimum absolute atomic E-state index is 0.605. The van der Waals surface area contributed by atoms with E-state index in [4.69, 9.17) is 5.73 Å². The van der Waals surface area contributed by atoms with E-state index in [1.165, 1.54) is 11.1 Å². The van der Waals surface area contributed by atoms with Crippen LogP contribution in [0, 0.1) is 5.38 Å². The summed E-state index contributed by atoms with van der Waals surface area (Å²) in [5.74, 6) is 0. The summed E-state index contributed by atoms with van der Waals surface area (Å²) < 4.78 is 0. The molecule has 0 saturated carbocycles. The van der Waals surface area contributed by atoms with Gasteiger partial charge in [-0.3, -0.25) is 0 Å². The van der Waals surface area contributed by atoms with Crippen molar-refractivity contribution in [3.05, 3.63) is 46.7 Å². The molecule has 65 valence electrons. The minimum atomic E-state index is 0.605. The maximum atomic E-state index is 5.51. The van der Waals surface area contributed by atoms with E-state index in [0.717, 1.165) is 5.56 Å². The van der Waals surface area contributed by atoms with Gasteiger partial charge < -0.3 is 5.73 Å². The molecule has 1 nitrogen and oxygen atoms in total. The fourth-order valence-electron chi connectivity index (χ4n) is 1.21. The van der Waals surface area contributed by atoms with Gasteiger partial charge in [-0.2, -0.15) is 0 Å². The van der Waals surface area contributed by atoms with E-state index in [2.05, 4.69) is 35.7 Å². The lowest BCUT2D eigenvalue weighted by atomic mass is 10.1. The van der Waals surface area contributed by atoms with Crippen molar-refractivity contribution < 1.29 is 0 Å². The first-order valence-corrected chi connectivity index (χ1v) is 5.02. The number of hydrogen-bond donors (Lipinski definition) is 1. The van der Waals surface area contributed by atoms with Crippen LogP contribution >= 0.6 is 11.3 Å². The standard InChI is InChI=1S/C11H10NS/c12-7-9-1-3-10(4-2-9)11-5-6-13-8-11/h1-6H,7,12H2. The fourth-order valence-corrected chi connectivity index (χ4v) is 1.79. The Bertz CT molecular complexity index is 361. The van der Waals surface area contributed by atoms with Crippen molar-refractivity contribution in [1.82, 2.24) is 0 Å². The Hall–Kier alpha value is -1.12. The minimum Gasteiger partial charge on any atom is -0.326 e. The molecule has 1 radical (unpaired) electrons. The average molecular weight is 188 g/mol. The van der Waals surface area contributed by atoms with Crippen molar-refractivity contribution in [3.63, 3.8) is 0 Å². The highest BCUT2D eigenvalue weighted by molar-refractivity contribution is 7.07. The maximum Gasteiger partial charge on any atom is 0.0527 e. The van der Waals surface area contributed by atoms with E-state index >= 15 is 0 Å². The number of thiophene rings is 1. The van der Waals surface area contributed by atoms with Crippen LogP contribution in [-0.2, 0) is 6.54 Å². The Labute approximate surface area is 81.8 Å². The summed E-state index contributed by atoms with van der Waals surface area (Å²) in [6, 6.07) is 10.4. The van der Waals surface area contributed by atoms with E-state index in [-0.39, 0.29) is 0 Å². The van der Waals surface area contributed by atoms with E-state index < -0.39 is 0 Å². The van der Waals surface area contributed by atoms with Crippen LogP contribution in [0.2, 0.25) is 0 Å². The summed E-state index contributed by atoms with van der Waals surface area (Å²) in [6.07, 6.45) is 0. The summed E-state index contributed by atoms with van der Waals surface area (Å²) in [6.45, 7) is 0.605. The molecule has 0 spiro atoms. The zero-order chi connectivity index (χ0) is 9.10. The molecule has 0 saturated heterocycles. The zero-order valence-corrected chi connectivity index (χ0v) is 7.97. The van der Waals surface area contributed by atoms with Crippen LogP contribution in [-0.4, -0.2) is 0 Å². The quantitative estimate of drug-likeness (QED) is 0.770. The summed E-state index contributed by atoms with van der Waals surface area (Å²) >= 11 is 1.59. The monoisotopic (exact) mass is 188 g/mol. The smallest absolute Gasteiger partial charge is 0.0527 e. The SMILES string of the molecule is NCc1ccc(-c2[c]scc2)cc1. The highest BCUT2D eigenvalue weighted by atomic mass is 32.1. The van der Waals surface area contributed by atoms with Crippen molar-refractivity contribution >= 4 is 11.3 Å². The van der Waals surface area contributed by atoms with Crippen molar-refractivity contribution in [2.24, 2.45) is 5.73 Å². The highest BCUT2D eigenvalue weighted by Gasteiger charge is 1.97. The Morgan fingerprint density at radius 2 is 1.92 bits per heavy atom. The molecule has 0 aliphatic rings. The van der Waals surface area contributed by atoms with Crippen LogP contribution in [0.4, 0.5) is 0 Å². The van der Waals surface area contributed by atoms with Crippen molar-refractivity contribution in [1.29, 1.82) is 0 Å². The second kappa shape index (κ2) is 3.73. The van der Waals surface area contributed by atoms with Gasteiger partial charge in [0.1, 0.15) is 0 Å². The molecule has 0 aliphatic carbocycles. The summed E-state index contributed by atoms with van der Waals surface area (Å²) in [4.78, 5) is 0. The van der Waals surface area contributed by atoms with Gasteiger partial charge in [-0.25, -0.2) is 0 Å². The van der Waals surface area contributed by atoms with Gasteiger partial charge in [-0.15, -0.1) is 11.3 Å². The molecule has 0 fully saturated rings. The maximum absolute atomic E-state index is 5.51. The molecule has 1 aromatic carbocycles. The molecule has 0 unspecified atom stereocenters. The topological polar surface area (TPSA) is 26.0 Å². The first-order chi connectivity index (χ1) is 6.40. The Morgan fingerprint density at radius 1 is 1.15 bits per heavy atom. The molecule has 0 bridgehead atoms. The first-order valence-electron chi connectivity index (χ1n) is 4.15. The highest BCUT2D eigenvalue weighted by Crippen LogP contribution is 2.21. The van der Waals surface area contributed by atoms with Gasteiger partial charge in [0.25, 0.3) is 0 Å². The predicted molar refractivity (Wildman–Crippen MR) is 56.5 cm³/mol. The second-order valence-electron chi connectivity index (χ2n) is 2.84. The van der Waals surface area contributed by atoms with Gasteiger partial charge >= 0.3 is 0 Å². The summed E-state index contributed by atoms with van der Waals surface area (Å²) in [5, 5.41) is 5.24. The lowest BCUT2D eigenvalue weighted by Crippen LogP contribution is -1.94. The molecule has 2 N–H and O–H groups in total. The summed E-state index contributed by atoms with van der Waals surface area (Å²) in [5.41, 5.74) is 9.05. The largest absolute Gasteiger partial charge is 0.326 e. The Morgan fingerprint density at radius 3 is 2.46 bits per heavy atom. The molecule has 0 aliphatic heterocycles. The molecule has 13 heavy (non-hydrogen) atoms. The Balaban J connectivity index is 2.33. The van der Waals surface area contributed by atoms with Crippen molar-refractivity contribution in [2.45, 2.75) is 6.54 Å². The molecule has 1 aromatic heterocycles. The van der Waals surface area contributed by atoms with E-state index in [1.54, 1.807) is 11.3 Å². The van der Waals surface area contributed by atoms with Crippen LogP contribution in [0.25, 0.3) is 11.1 Å². The molecule has 0 amide bonds. The molecule has 2 aromatic rings. The van der Waals surface area contributed by atoms with Crippen LogP contribution in [0.15, 0.2) is 35.7 Å². The van der Waals surface area contributed by atoms with Crippen LogP contribution in [0.1, 0.15) is 5.56 Å². The molecule has 2 heteroatoms. The van der Waals surface area contributed by atoms with Gasteiger partial charge in [-0.05, 0) is 22.6 Å². The second-order valence-corrected chi connectivity index (χ2v) is 3.55. The molecule has 1 heterocycles. The van der Waals surface area contributed by atoms with E-state index in [1.807, 2.05) is 5.38 Å². The summed E-state index contributed by atoms with van der Waals surface area (Å²) in [7, 11) is 0. The van der Waals surface area contributed by atoms with Crippen molar-refractivity contribution in [3.8, 4) is 11.1 Å². The third-order valence-corrected chi connectivity index (χ3v) is 2.58. The third kappa shape index (κ3) is 1.79. The Kier molecular flexibility index (Phi) is 2.43. The van der Waals surface area contributed by atoms with Gasteiger partial charge in [-0.1, -0.05) is 24.3 Å². The zero-order valence-electron chi connectivity index (χ0n) is 7.16. The number of hydrogen-bond acceptors (Lipinski definition) is 2. The van der Waals surface area contributed by atoms with Gasteiger partial charge in [0.15, 0.2) is 0 Å². The number of rotatable bonds is 2. The molecule has 2 rings (SSSR count). The third-order valence-electron chi connectivity index (χ3n) is 1.97. The fraction of sp³-hybridized carbons (Fsp3) is 0.0909. The molecule has 0 atom stereocenters. The first kappa shape index (κ1) is 8.48. The van der Waals surface area contributed by atoms with Crippen molar-refractivity contribution in [2.75, 3.05) is 0 Å². The van der Waals surface area contributed by atoms with Gasteiger partial charge in [0, 0.05) is 12.1 Å². The lowest BCUT2D eigenvalue weighted by Gasteiger charge is -1.99. The van der Waals surface area contributed by atoms with Crippen LogP contribution in [0.5, 0.6) is 0 Å². The van der Waals surface area contributed by atoms with Crippen LogP contribution < -0.4 is 5.73 Å². The van der Waals surface area contributed by atoms with Gasteiger partial charge in [0.2, 0.25) is 0 Å². The number of benzene rings is 1. The lowest BCUT2D eigenvalue weighted by molar-refractivity contribution is 1.07. The average Bonchev–Trinajstić information content (AvgIpc) is 2.71. The predicted octanol–water partition coefficient (Wildman–Crippen LogP) is 2.67. The van der Waals surface area contributed by atoms with E-state index in [9.17, 15) is 0 Å². The molecular weight excluding hydrogens is 178 g/mol. The van der Waals surface area contributed by atoms with Crippen LogP contribution in [0.3, 0.4) is 0 Å². The molecular formula is C11H10NS. The van der Waals surface area contributed by atoms with Gasteiger partial charge in [0.05, 0.1) is 5.38 Å². The van der Waals surface area contributed by atoms with E-state index in [0.29, 0.717) is 6.54 Å². The normalized spacial score (nSPS) is 10.2.